The van der Waals surface area contributed by atoms with E-state index in [4.69, 9.17) is 0 Å². The zero-order chi connectivity index (χ0) is 22.4. The Morgan fingerprint density at radius 2 is 0.941 bits per heavy atom. The first-order valence-electron chi connectivity index (χ1n) is 11.1. The molecule has 0 radical (unpaired) electrons. The Labute approximate surface area is 237 Å². The molecule has 5 heteroatoms. The van der Waals surface area contributed by atoms with E-state index in [2.05, 4.69) is 141 Å². The molecule has 0 aromatic heterocycles. The Balaban J connectivity index is 0.00000193. The van der Waals surface area contributed by atoms with E-state index in [1.165, 1.54) is 47.3 Å². The molecule has 0 nitrogen and oxygen atoms in total. The first-order chi connectivity index (χ1) is 14.7. The smallest absolute Gasteiger partial charge is 1.00 e. The maximum Gasteiger partial charge on any atom is -1.00 e. The molecule has 0 saturated carbocycles. The van der Waals surface area contributed by atoms with Crippen LogP contribution in [-0.2, 0) is 20.4 Å². The van der Waals surface area contributed by atoms with E-state index in [1.807, 2.05) is 0 Å². The van der Waals surface area contributed by atoms with Crippen LogP contribution in [0, 0.1) is 13.8 Å². The van der Waals surface area contributed by atoms with Crippen molar-refractivity contribution in [3.63, 3.8) is 0 Å². The summed E-state index contributed by atoms with van der Waals surface area (Å²) < 4.78 is 1.53. The van der Waals surface area contributed by atoms with Crippen molar-refractivity contribution in [1.82, 2.24) is 0 Å². The van der Waals surface area contributed by atoms with Crippen molar-refractivity contribution in [2.24, 2.45) is 0 Å². The molecule has 3 aromatic carbocycles. The van der Waals surface area contributed by atoms with Gasteiger partial charge in [-0.3, -0.25) is 0 Å². The Kier molecular flexibility index (Phi) is 10.7. The molecule has 1 aliphatic carbocycles. The van der Waals surface area contributed by atoms with Crippen LogP contribution in [0.1, 0.15) is 38.8 Å². The van der Waals surface area contributed by atoms with Crippen LogP contribution in [0.2, 0.25) is 5.04 Å². The molecular formula is C29H31Cl3SiTi. The number of hydrogen-bond acceptors (Lipinski definition) is 0. The number of aryl methyl sites for hydroxylation is 2. The van der Waals surface area contributed by atoms with Crippen LogP contribution in [0.4, 0.5) is 0 Å². The minimum Gasteiger partial charge on any atom is -1.00 e. The van der Waals surface area contributed by atoms with Gasteiger partial charge in [0.1, 0.15) is 0 Å². The van der Waals surface area contributed by atoms with Crippen LogP contribution in [0.15, 0.2) is 99.5 Å². The van der Waals surface area contributed by atoms with Gasteiger partial charge in [0.15, 0.2) is 0 Å². The number of benzene rings is 3. The summed E-state index contributed by atoms with van der Waals surface area (Å²) in [6, 6.07) is 30.1. The van der Waals surface area contributed by atoms with Crippen LogP contribution in [0.5, 0.6) is 0 Å². The van der Waals surface area contributed by atoms with E-state index in [-0.39, 0.29) is 42.3 Å². The first-order valence-corrected chi connectivity index (χ1v) is 13.8. The number of allylic oxidation sites excluding steroid dienone is 4. The van der Waals surface area contributed by atoms with Crippen molar-refractivity contribution in [2.75, 3.05) is 0 Å². The molecule has 1 aliphatic rings. The molecule has 4 rings (SSSR count). The summed E-state index contributed by atoms with van der Waals surface area (Å²) in [5, 5.41) is 4.41. The predicted octanol–water partition coefficient (Wildman–Crippen LogP) is -3.28. The molecule has 0 saturated heterocycles. The standard InChI is InChI=1S/C29H31Si.3ClH.Ti/c1-21-12-16-27(17-13-21)30(26-10-8-7-9-11-26,28-18-14-22(2)15-19-28)29(6)20-23(3)24(4)25(29)5;;;;/h7-19H,1-6H3;3*1H;/q;;;;+3/p-3. The molecule has 3 aromatic rings. The molecular weight excluding hydrogens is 531 g/mol. The minimum absolute atomic E-state index is 0. The monoisotopic (exact) mass is 560 g/mol. The van der Waals surface area contributed by atoms with Crippen LogP contribution in [0.25, 0.3) is 0 Å². The Morgan fingerprint density at radius 1 is 0.559 bits per heavy atom. The second-order valence-electron chi connectivity index (χ2n) is 9.22. The summed E-state index contributed by atoms with van der Waals surface area (Å²) in [7, 11) is -2.49. The third-order valence-electron chi connectivity index (χ3n) is 7.68. The predicted molar refractivity (Wildman–Crippen MR) is 133 cm³/mol. The van der Waals surface area contributed by atoms with Crippen molar-refractivity contribution < 1.29 is 57.7 Å². The van der Waals surface area contributed by atoms with Crippen molar-refractivity contribution in [1.29, 1.82) is 0 Å². The zero-order valence-electron chi connectivity index (χ0n) is 20.6. The molecule has 1 atom stereocenters. The van der Waals surface area contributed by atoms with Crippen LogP contribution < -0.4 is 52.8 Å². The van der Waals surface area contributed by atoms with Gasteiger partial charge in [0.25, 0.3) is 0 Å². The molecule has 1 unspecified atom stereocenters. The molecule has 0 bridgehead atoms. The van der Waals surface area contributed by atoms with Crippen LogP contribution in [0.3, 0.4) is 0 Å². The van der Waals surface area contributed by atoms with E-state index in [0.29, 0.717) is 0 Å². The fraction of sp³-hybridized carbons (Fsp3) is 0.241. The van der Waals surface area contributed by atoms with Gasteiger partial charge >= 0.3 is 201 Å². The van der Waals surface area contributed by atoms with Crippen molar-refractivity contribution in [3.8, 4) is 0 Å². The van der Waals surface area contributed by atoms with Gasteiger partial charge in [-0.1, -0.05) is 0 Å². The van der Waals surface area contributed by atoms with Crippen molar-refractivity contribution >= 4 is 23.6 Å². The van der Waals surface area contributed by atoms with Gasteiger partial charge in [0.2, 0.25) is 0 Å². The van der Waals surface area contributed by atoms with Gasteiger partial charge in [-0.25, -0.2) is 0 Å². The van der Waals surface area contributed by atoms with E-state index < -0.39 is 8.07 Å². The molecule has 0 N–H and O–H groups in total. The molecule has 34 heavy (non-hydrogen) atoms. The zero-order valence-corrected chi connectivity index (χ0v) is 25.5. The number of halogens is 3. The topological polar surface area (TPSA) is 0 Å². The Morgan fingerprint density at radius 3 is 1.29 bits per heavy atom. The maximum atomic E-state index is 2.52. The summed E-state index contributed by atoms with van der Waals surface area (Å²) in [5.74, 6) is 0. The van der Waals surface area contributed by atoms with Gasteiger partial charge in [0, 0.05) is 0 Å². The van der Waals surface area contributed by atoms with E-state index in [9.17, 15) is 0 Å². The summed E-state index contributed by atoms with van der Waals surface area (Å²) in [6.07, 6.45) is 0. The van der Waals surface area contributed by atoms with E-state index in [1.54, 1.807) is 0 Å². The fourth-order valence-electron chi connectivity index (χ4n) is 5.54. The number of hydrogen-bond donors (Lipinski definition) is 0. The average Bonchev–Trinajstić information content (AvgIpc) is 2.93. The second kappa shape index (κ2) is 11.8. The fourth-order valence-corrected chi connectivity index (χ4v) is 13.1. The summed E-state index contributed by atoms with van der Waals surface area (Å²) in [5.41, 5.74) is 7.08. The third kappa shape index (κ3) is 4.57. The van der Waals surface area contributed by atoms with Gasteiger partial charge in [-0.15, -0.1) is 0 Å². The molecule has 0 fully saturated rings. The quantitative estimate of drug-likeness (QED) is 0.232. The third-order valence-corrected chi connectivity index (χ3v) is 15.2. The average molecular weight is 562 g/mol. The number of rotatable bonds is 4. The Hall–Kier alpha value is -1.06. The summed E-state index contributed by atoms with van der Waals surface area (Å²) >= 11 is 2.38. The van der Waals surface area contributed by atoms with Crippen LogP contribution >= 0.6 is 0 Å². The first kappa shape index (κ1) is 31.0. The molecule has 0 spiro atoms. The summed E-state index contributed by atoms with van der Waals surface area (Å²) in [4.78, 5) is 0. The van der Waals surface area contributed by atoms with Crippen molar-refractivity contribution in [3.05, 3.63) is 111 Å². The van der Waals surface area contributed by atoms with Gasteiger partial charge in [-0.2, -0.15) is 0 Å². The molecule has 0 heterocycles. The minimum atomic E-state index is -2.49. The van der Waals surface area contributed by atoms with Crippen molar-refractivity contribution in [2.45, 2.75) is 46.6 Å². The summed E-state index contributed by atoms with van der Waals surface area (Å²) in [6.45, 7) is 13.9. The maximum absolute atomic E-state index is 2.52. The van der Waals surface area contributed by atoms with Gasteiger partial charge in [-0.05, 0) is 0 Å². The van der Waals surface area contributed by atoms with E-state index in [0.717, 1.165) is 0 Å². The molecule has 176 valence electrons. The van der Waals surface area contributed by atoms with E-state index >= 15 is 0 Å². The van der Waals surface area contributed by atoms with Gasteiger partial charge < -0.3 is 37.2 Å². The van der Waals surface area contributed by atoms with Crippen LogP contribution in [-0.4, -0.2) is 8.07 Å². The normalized spacial score (nSPS) is 17.6. The SMILES string of the molecule is CC1=C(C)C(C)([Si](c2ccccc2)(c2ccc(C)cc2)c2ccc(C)cc2)[C]([Ti+3])=C1C.[Cl-].[Cl-].[Cl-]. The Bertz CT molecular complexity index is 1110. The molecule has 0 aliphatic heterocycles. The molecule has 0 amide bonds. The van der Waals surface area contributed by atoms with Gasteiger partial charge in [0.05, 0.1) is 0 Å². The second-order valence-corrected chi connectivity index (χ2v) is 14.2. The largest absolute Gasteiger partial charge is 1.00 e.